The van der Waals surface area contributed by atoms with Gasteiger partial charge < -0.3 is 37.0 Å². The molecule has 0 aliphatic heterocycles. The molecule has 12 heteroatoms. The number of nitrogens with one attached hydrogen (secondary N) is 3. The van der Waals surface area contributed by atoms with Crippen LogP contribution in [-0.4, -0.2) is 69.1 Å². The number of aromatic hydroxyl groups is 1. The largest absolute Gasteiger partial charge is 0.508 e. The van der Waals surface area contributed by atoms with Crippen molar-refractivity contribution >= 4 is 29.7 Å². The molecule has 0 spiro atoms. The number of aliphatic carboxylic acids is 2. The zero-order valence-electron chi connectivity index (χ0n) is 19.3. The first-order chi connectivity index (χ1) is 15.8. The van der Waals surface area contributed by atoms with Crippen LogP contribution in [0.4, 0.5) is 0 Å². The fourth-order valence-corrected chi connectivity index (χ4v) is 2.96. The van der Waals surface area contributed by atoms with E-state index < -0.39 is 60.2 Å². The molecule has 0 saturated carbocycles. The maximum absolute atomic E-state index is 12.8. The SMILES string of the molecule is CC(N)C(=O)NC(C(=O)NC(CCC(=O)O)C(=O)NC(Cc1ccc(O)cc1)C(=O)O)C(C)C. The molecule has 12 nitrogen and oxygen atoms in total. The molecule has 0 aliphatic rings. The number of carboxylic acids is 2. The molecule has 0 bridgehead atoms. The summed E-state index contributed by atoms with van der Waals surface area (Å²) in [5, 5.41) is 35.1. The number of carbonyl (C=O) groups is 5. The molecule has 34 heavy (non-hydrogen) atoms. The van der Waals surface area contributed by atoms with Crippen LogP contribution in [0.5, 0.6) is 5.75 Å². The Morgan fingerprint density at radius 1 is 0.853 bits per heavy atom. The van der Waals surface area contributed by atoms with Crippen molar-refractivity contribution in [1.29, 1.82) is 0 Å². The highest BCUT2D eigenvalue weighted by Gasteiger charge is 2.31. The Morgan fingerprint density at radius 3 is 1.88 bits per heavy atom. The van der Waals surface area contributed by atoms with Gasteiger partial charge in [-0.05, 0) is 37.0 Å². The molecule has 0 heterocycles. The van der Waals surface area contributed by atoms with Crippen molar-refractivity contribution in [2.45, 2.75) is 64.2 Å². The van der Waals surface area contributed by atoms with Crippen LogP contribution in [0.1, 0.15) is 39.2 Å². The first-order valence-corrected chi connectivity index (χ1v) is 10.7. The molecule has 0 fully saturated rings. The van der Waals surface area contributed by atoms with Gasteiger partial charge in [0.2, 0.25) is 17.7 Å². The summed E-state index contributed by atoms with van der Waals surface area (Å²) in [5.74, 6) is -5.15. The molecule has 8 N–H and O–H groups in total. The molecule has 1 aromatic carbocycles. The summed E-state index contributed by atoms with van der Waals surface area (Å²) in [6.45, 7) is 4.76. The Bertz CT molecular complexity index is 885. The van der Waals surface area contributed by atoms with Crippen molar-refractivity contribution in [2.24, 2.45) is 11.7 Å². The van der Waals surface area contributed by atoms with Crippen molar-refractivity contribution in [3.05, 3.63) is 29.8 Å². The van der Waals surface area contributed by atoms with E-state index in [1.807, 2.05) is 0 Å². The molecular weight excluding hydrogens is 448 g/mol. The van der Waals surface area contributed by atoms with E-state index >= 15 is 0 Å². The van der Waals surface area contributed by atoms with Crippen LogP contribution in [0.3, 0.4) is 0 Å². The quantitative estimate of drug-likeness (QED) is 0.191. The minimum absolute atomic E-state index is 0.00747. The highest BCUT2D eigenvalue weighted by Crippen LogP contribution is 2.12. The monoisotopic (exact) mass is 480 g/mol. The van der Waals surface area contributed by atoms with Gasteiger partial charge in [-0.3, -0.25) is 19.2 Å². The number of benzene rings is 1. The molecule has 1 aromatic rings. The Labute approximate surface area is 196 Å². The van der Waals surface area contributed by atoms with Crippen molar-refractivity contribution in [3.8, 4) is 5.75 Å². The van der Waals surface area contributed by atoms with Crippen molar-refractivity contribution < 1.29 is 39.3 Å². The molecular formula is C22H32N4O8. The van der Waals surface area contributed by atoms with Gasteiger partial charge in [0.25, 0.3) is 0 Å². The standard InChI is InChI=1S/C22H32N4O8/c1-11(2)18(26-19(30)12(3)23)21(32)24-15(8-9-17(28)29)20(31)25-16(22(33)34)10-13-4-6-14(27)7-5-13/h4-7,11-12,15-16,18,27H,8-10,23H2,1-3H3,(H,24,32)(H,25,31)(H,26,30)(H,28,29)(H,33,34). The van der Waals surface area contributed by atoms with Crippen molar-refractivity contribution in [2.75, 3.05) is 0 Å². The molecule has 1 rings (SSSR count). The van der Waals surface area contributed by atoms with E-state index in [1.165, 1.54) is 31.2 Å². The third kappa shape index (κ3) is 9.45. The molecule has 0 aromatic heterocycles. The molecule has 4 atom stereocenters. The van der Waals surface area contributed by atoms with Crippen LogP contribution >= 0.6 is 0 Å². The van der Waals surface area contributed by atoms with Gasteiger partial charge >= 0.3 is 11.9 Å². The lowest BCUT2D eigenvalue weighted by atomic mass is 10.0. The van der Waals surface area contributed by atoms with Gasteiger partial charge in [-0.1, -0.05) is 26.0 Å². The fraction of sp³-hybridized carbons (Fsp3) is 0.500. The van der Waals surface area contributed by atoms with E-state index in [-0.39, 0.29) is 24.5 Å². The second-order valence-corrected chi connectivity index (χ2v) is 8.28. The van der Waals surface area contributed by atoms with Crippen molar-refractivity contribution in [1.82, 2.24) is 16.0 Å². The predicted molar refractivity (Wildman–Crippen MR) is 121 cm³/mol. The lowest BCUT2D eigenvalue weighted by Gasteiger charge is -2.26. The zero-order chi connectivity index (χ0) is 26.0. The van der Waals surface area contributed by atoms with E-state index in [1.54, 1.807) is 13.8 Å². The first kappa shape index (κ1) is 28.4. The maximum atomic E-state index is 12.8. The highest BCUT2D eigenvalue weighted by atomic mass is 16.4. The molecule has 3 amide bonds. The molecule has 0 aliphatic carbocycles. The smallest absolute Gasteiger partial charge is 0.326 e. The minimum atomic E-state index is -1.38. The van der Waals surface area contributed by atoms with Crippen LogP contribution in [0.2, 0.25) is 0 Å². The number of carboxylic acid groups (broad SMARTS) is 2. The lowest BCUT2D eigenvalue weighted by Crippen LogP contribution is -2.58. The number of phenolic OH excluding ortho intramolecular Hbond substituents is 1. The summed E-state index contributed by atoms with van der Waals surface area (Å²) in [6.07, 6.45) is -0.878. The van der Waals surface area contributed by atoms with Crippen LogP contribution in [0.15, 0.2) is 24.3 Å². The molecule has 0 radical (unpaired) electrons. The number of nitrogens with two attached hydrogens (primary N) is 1. The van der Waals surface area contributed by atoms with E-state index in [9.17, 15) is 34.2 Å². The molecule has 188 valence electrons. The Morgan fingerprint density at radius 2 is 1.41 bits per heavy atom. The van der Waals surface area contributed by atoms with E-state index in [0.29, 0.717) is 5.56 Å². The van der Waals surface area contributed by atoms with Crippen LogP contribution in [0.25, 0.3) is 0 Å². The summed E-state index contributed by atoms with van der Waals surface area (Å²) in [6, 6.07) is 1.06. The summed E-state index contributed by atoms with van der Waals surface area (Å²) >= 11 is 0. The third-order valence-electron chi connectivity index (χ3n) is 4.93. The van der Waals surface area contributed by atoms with E-state index in [0.717, 1.165) is 0 Å². The van der Waals surface area contributed by atoms with Crippen LogP contribution in [-0.2, 0) is 30.4 Å². The second kappa shape index (κ2) is 13.1. The normalized spacial score (nSPS) is 14.4. The summed E-state index contributed by atoms with van der Waals surface area (Å²) in [7, 11) is 0. The van der Waals surface area contributed by atoms with Gasteiger partial charge in [0.05, 0.1) is 6.04 Å². The Hall–Kier alpha value is -3.67. The van der Waals surface area contributed by atoms with Gasteiger partial charge in [0, 0.05) is 12.8 Å². The first-order valence-electron chi connectivity index (χ1n) is 10.7. The minimum Gasteiger partial charge on any atom is -0.508 e. The predicted octanol–water partition coefficient (Wildman–Crippen LogP) is -0.658. The number of carbonyl (C=O) groups excluding carboxylic acids is 3. The number of hydrogen-bond donors (Lipinski definition) is 7. The average Bonchev–Trinajstić information content (AvgIpc) is 2.74. The van der Waals surface area contributed by atoms with Gasteiger partial charge in [0.1, 0.15) is 23.9 Å². The molecule has 4 unspecified atom stereocenters. The van der Waals surface area contributed by atoms with Crippen LogP contribution in [0, 0.1) is 5.92 Å². The van der Waals surface area contributed by atoms with E-state index in [2.05, 4.69) is 16.0 Å². The van der Waals surface area contributed by atoms with Crippen LogP contribution < -0.4 is 21.7 Å². The number of rotatable bonds is 13. The summed E-state index contributed by atoms with van der Waals surface area (Å²) in [5.41, 5.74) is 6.05. The maximum Gasteiger partial charge on any atom is 0.326 e. The molecule has 0 saturated heterocycles. The second-order valence-electron chi connectivity index (χ2n) is 8.28. The van der Waals surface area contributed by atoms with Crippen molar-refractivity contribution in [3.63, 3.8) is 0 Å². The number of amides is 3. The number of phenols is 1. The topological polar surface area (TPSA) is 208 Å². The fourth-order valence-electron chi connectivity index (χ4n) is 2.96. The van der Waals surface area contributed by atoms with Gasteiger partial charge in [-0.15, -0.1) is 0 Å². The third-order valence-corrected chi connectivity index (χ3v) is 4.93. The number of hydrogen-bond acceptors (Lipinski definition) is 7. The zero-order valence-corrected chi connectivity index (χ0v) is 19.3. The summed E-state index contributed by atoms with van der Waals surface area (Å²) in [4.78, 5) is 60.4. The summed E-state index contributed by atoms with van der Waals surface area (Å²) < 4.78 is 0. The Balaban J connectivity index is 3.01. The highest BCUT2D eigenvalue weighted by molar-refractivity contribution is 5.94. The van der Waals surface area contributed by atoms with Gasteiger partial charge in [0.15, 0.2) is 0 Å². The van der Waals surface area contributed by atoms with Gasteiger partial charge in [-0.25, -0.2) is 4.79 Å². The van der Waals surface area contributed by atoms with E-state index in [4.69, 9.17) is 10.8 Å². The van der Waals surface area contributed by atoms with Gasteiger partial charge in [-0.2, -0.15) is 0 Å². The lowest BCUT2D eigenvalue weighted by molar-refractivity contribution is -0.143. The Kier molecular flexibility index (Phi) is 11.0. The average molecular weight is 481 g/mol.